The molecule has 3 nitrogen and oxygen atoms in total. The third-order valence-corrected chi connectivity index (χ3v) is 5.67. The van der Waals surface area contributed by atoms with Crippen LogP contribution in [0.5, 0.6) is 0 Å². The summed E-state index contributed by atoms with van der Waals surface area (Å²) < 4.78 is 0. The number of hydrogen-bond acceptors (Lipinski definition) is 3. The van der Waals surface area contributed by atoms with Gasteiger partial charge in [-0.25, -0.2) is 5.48 Å². The Morgan fingerprint density at radius 3 is 2.45 bits per heavy atom. The average molecular weight is 485 g/mol. The van der Waals surface area contributed by atoms with Crippen LogP contribution in [0.4, 0.5) is 5.69 Å². The number of aryl methyl sites for hydroxylation is 2. The first-order valence-electron chi connectivity index (χ1n) is 11.2. The minimum Gasteiger partial charge on any atom is -0.381 e. The monoisotopic (exact) mass is 484 g/mol. The zero-order chi connectivity index (χ0) is 25.0. The summed E-state index contributed by atoms with van der Waals surface area (Å²) in [5, 5.41) is 0.783. The molecule has 178 valence electrons. The summed E-state index contributed by atoms with van der Waals surface area (Å²) in [6.07, 6.45) is 7.13. The topological polar surface area (TPSA) is 33.6 Å². The molecule has 2 rings (SSSR count). The van der Waals surface area contributed by atoms with Crippen LogP contribution in [0.3, 0.4) is 0 Å². The highest BCUT2D eigenvalue weighted by atomic mass is 35.5. The van der Waals surface area contributed by atoms with E-state index in [-0.39, 0.29) is 5.92 Å². The molecule has 0 saturated heterocycles. The Labute approximate surface area is 207 Å². The molecular weight excluding hydrogens is 447 g/mol. The number of allylic oxidation sites excluding steroid dienone is 2. The number of rotatable bonds is 10. The van der Waals surface area contributed by atoms with Crippen molar-refractivity contribution >= 4 is 38.2 Å². The fourth-order valence-electron chi connectivity index (χ4n) is 3.69. The number of nitrogens with zero attached hydrogens (tertiary/aromatic N) is 1. The molecule has 0 heterocycles. The van der Waals surface area contributed by atoms with Crippen molar-refractivity contribution in [1.29, 1.82) is 0 Å². The Bertz CT molecular complexity index is 982. The molecule has 0 aliphatic heterocycles. The molecule has 0 fully saturated rings. The summed E-state index contributed by atoms with van der Waals surface area (Å²) in [7, 11) is 4.48. The number of nitrogens with one attached hydrogen (secondary N) is 1. The first-order valence-corrected chi connectivity index (χ1v) is 12.3. The molecule has 2 aromatic rings. The molecule has 1 unspecified atom stereocenters. The first kappa shape index (κ1) is 28.7. The minimum atomic E-state index is 0.279. The van der Waals surface area contributed by atoms with E-state index < -0.39 is 0 Å². The van der Waals surface area contributed by atoms with Crippen molar-refractivity contribution in [1.82, 2.24) is 0 Å². The van der Waals surface area contributed by atoms with Crippen LogP contribution < -0.4 is 5.48 Å². The van der Waals surface area contributed by atoms with Crippen molar-refractivity contribution in [3.8, 4) is 0 Å². The predicted molar refractivity (Wildman–Crippen MR) is 151 cm³/mol. The summed E-state index contributed by atoms with van der Waals surface area (Å²) in [5.41, 5.74) is 9.57. The lowest BCUT2D eigenvalue weighted by Gasteiger charge is -2.24. The molecule has 5 heteroatoms. The highest BCUT2D eigenvalue weighted by molar-refractivity contribution is 7.15. The van der Waals surface area contributed by atoms with Gasteiger partial charge >= 0.3 is 0 Å². The Morgan fingerprint density at radius 2 is 1.88 bits per heavy atom. The van der Waals surface area contributed by atoms with E-state index >= 15 is 0 Å². The molecule has 0 saturated carbocycles. The second kappa shape index (κ2) is 14.7. The normalized spacial score (nSPS) is 12.6. The number of para-hydroxylation sites is 1. The van der Waals surface area contributed by atoms with Gasteiger partial charge in [-0.3, -0.25) is 4.99 Å². The van der Waals surface area contributed by atoms with E-state index in [0.717, 1.165) is 34.8 Å². The van der Waals surface area contributed by atoms with Crippen molar-refractivity contribution in [2.45, 2.75) is 53.4 Å². The van der Waals surface area contributed by atoms with E-state index in [4.69, 9.17) is 16.4 Å². The molecule has 1 N–H and O–H groups in total. The van der Waals surface area contributed by atoms with Crippen LogP contribution in [-0.4, -0.2) is 19.1 Å². The van der Waals surface area contributed by atoms with Crippen molar-refractivity contribution in [3.63, 3.8) is 0 Å². The Kier molecular flexibility index (Phi) is 12.8. The number of benzene rings is 2. The van der Waals surface area contributed by atoms with Gasteiger partial charge in [-0.15, -0.1) is 8.86 Å². The summed E-state index contributed by atoms with van der Waals surface area (Å²) in [4.78, 5) is 10.2. The van der Waals surface area contributed by atoms with Gasteiger partial charge in [0, 0.05) is 18.0 Å². The summed E-state index contributed by atoms with van der Waals surface area (Å²) in [6.45, 7) is 15.0. The Morgan fingerprint density at radius 1 is 1.21 bits per heavy atom. The van der Waals surface area contributed by atoms with Gasteiger partial charge in [0.25, 0.3) is 0 Å². The van der Waals surface area contributed by atoms with E-state index in [2.05, 4.69) is 78.1 Å². The van der Waals surface area contributed by atoms with E-state index in [1.807, 2.05) is 37.3 Å². The molecule has 1 atom stereocenters. The standard InChI is InChI=1S/C27H35ClN2O.CH3P/c1-8-22-17-23(28)13-14-24(22)25(15-18(2)3)20(5)16-27(29-7)21(6)31-30-26-12-10-9-11-19(26)4;1-2/h9-14,16-18,25,30H,6,8,15H2,1-5,7H3;2H,1H2/b20-16+,29-27?;. The van der Waals surface area contributed by atoms with Crippen LogP contribution in [-0.2, 0) is 11.3 Å². The number of anilines is 1. The van der Waals surface area contributed by atoms with Gasteiger partial charge in [-0.05, 0) is 73.6 Å². The average Bonchev–Trinajstić information content (AvgIpc) is 2.81. The number of aliphatic imine (C=N–C) groups is 1. The lowest BCUT2D eigenvalue weighted by atomic mass is 9.81. The van der Waals surface area contributed by atoms with E-state index in [0.29, 0.717) is 11.7 Å². The smallest absolute Gasteiger partial charge is 0.172 e. The van der Waals surface area contributed by atoms with Crippen LogP contribution in [0.1, 0.15) is 56.7 Å². The molecule has 0 aromatic heterocycles. The van der Waals surface area contributed by atoms with E-state index in [1.54, 1.807) is 7.05 Å². The first-order chi connectivity index (χ1) is 15.8. The van der Waals surface area contributed by atoms with Crippen LogP contribution in [0.2, 0.25) is 5.02 Å². The Hall–Kier alpha value is -2.35. The quantitative estimate of drug-likeness (QED) is 0.159. The van der Waals surface area contributed by atoms with Crippen molar-refractivity contribution < 1.29 is 4.84 Å². The molecular formula is C28H38ClN2OP. The third-order valence-electron chi connectivity index (χ3n) is 5.44. The summed E-state index contributed by atoms with van der Waals surface area (Å²) in [5.74, 6) is 1.32. The Balaban J connectivity index is 0.00000265. The molecule has 0 aliphatic carbocycles. The molecule has 0 radical (unpaired) electrons. The maximum atomic E-state index is 6.26. The van der Waals surface area contributed by atoms with Gasteiger partial charge < -0.3 is 4.84 Å². The van der Waals surface area contributed by atoms with Gasteiger partial charge in [0.15, 0.2) is 5.76 Å². The lowest BCUT2D eigenvalue weighted by Crippen LogP contribution is -2.12. The largest absolute Gasteiger partial charge is 0.381 e. The van der Waals surface area contributed by atoms with Crippen LogP contribution in [0, 0.1) is 12.8 Å². The van der Waals surface area contributed by atoms with Crippen molar-refractivity contribution in [2.24, 2.45) is 10.9 Å². The van der Waals surface area contributed by atoms with E-state index in [1.165, 1.54) is 16.7 Å². The maximum Gasteiger partial charge on any atom is 0.172 e. The van der Waals surface area contributed by atoms with Crippen LogP contribution >= 0.6 is 20.5 Å². The second-order valence-electron chi connectivity index (χ2n) is 8.32. The van der Waals surface area contributed by atoms with Crippen LogP contribution in [0.25, 0.3) is 0 Å². The van der Waals surface area contributed by atoms with Crippen LogP contribution in [0.15, 0.2) is 71.4 Å². The van der Waals surface area contributed by atoms with Gasteiger partial charge in [0.05, 0.1) is 5.69 Å². The fraction of sp³-hybridized carbons (Fsp3) is 0.357. The minimum absolute atomic E-state index is 0.279. The van der Waals surface area contributed by atoms with E-state index in [9.17, 15) is 0 Å². The SMILES string of the molecule is C=C(ONc1ccccc1C)C(/C=C(\C)C(CC(C)C)c1ccc(Cl)cc1CC)=NC.C=P. The molecule has 0 spiro atoms. The van der Waals surface area contributed by atoms with Gasteiger partial charge in [0.1, 0.15) is 5.71 Å². The van der Waals surface area contributed by atoms with Gasteiger partial charge in [-0.1, -0.05) is 75.1 Å². The number of halogens is 1. The third kappa shape index (κ3) is 8.84. The highest BCUT2D eigenvalue weighted by Gasteiger charge is 2.19. The highest BCUT2D eigenvalue weighted by Crippen LogP contribution is 2.34. The zero-order valence-corrected chi connectivity index (χ0v) is 22.6. The van der Waals surface area contributed by atoms with Crippen molar-refractivity contribution in [2.75, 3.05) is 12.5 Å². The molecule has 0 aliphatic rings. The fourth-order valence-corrected chi connectivity index (χ4v) is 3.89. The van der Waals surface area contributed by atoms with Gasteiger partial charge in [-0.2, -0.15) is 0 Å². The number of hydrogen-bond donors (Lipinski definition) is 1. The molecule has 33 heavy (non-hydrogen) atoms. The summed E-state index contributed by atoms with van der Waals surface area (Å²) >= 11 is 6.26. The summed E-state index contributed by atoms with van der Waals surface area (Å²) in [6, 6.07) is 14.2. The van der Waals surface area contributed by atoms with Gasteiger partial charge in [0.2, 0.25) is 0 Å². The molecule has 0 bridgehead atoms. The molecule has 2 aromatic carbocycles. The second-order valence-corrected chi connectivity index (χ2v) is 8.75. The zero-order valence-electron chi connectivity index (χ0n) is 20.8. The maximum absolute atomic E-state index is 6.26. The lowest BCUT2D eigenvalue weighted by molar-refractivity contribution is 0.309. The predicted octanol–water partition coefficient (Wildman–Crippen LogP) is 8.48. The molecule has 0 amide bonds. The van der Waals surface area contributed by atoms with Crippen molar-refractivity contribution in [3.05, 3.63) is 88.2 Å².